The number of fused-ring (bicyclic) bond motifs is 1. The molecule has 0 saturated heterocycles. The van der Waals surface area contributed by atoms with Crippen molar-refractivity contribution in [2.45, 2.75) is 0 Å². The molecule has 0 aliphatic rings. The van der Waals surface area contributed by atoms with E-state index in [0.717, 1.165) is 27.6 Å². The van der Waals surface area contributed by atoms with Gasteiger partial charge in [0.1, 0.15) is 6.20 Å². The van der Waals surface area contributed by atoms with Gasteiger partial charge in [0.05, 0.1) is 4.53 Å². The zero-order valence-corrected chi connectivity index (χ0v) is 9.92. The van der Waals surface area contributed by atoms with Gasteiger partial charge in [-0.3, -0.25) is 9.59 Å². The van der Waals surface area contributed by atoms with Crippen LogP contribution in [-0.4, -0.2) is 14.6 Å². The monoisotopic (exact) mass is 257 g/mol. The average molecular weight is 257 g/mol. The van der Waals surface area contributed by atoms with Crippen LogP contribution in [0, 0.1) is 0 Å². The predicted octanol–water partition coefficient (Wildman–Crippen LogP) is 0.0589. The lowest BCUT2D eigenvalue weighted by Crippen LogP contribution is -2.25. The van der Waals surface area contributed by atoms with Crippen LogP contribution in [-0.2, 0) is 0 Å². The third-order valence-electron chi connectivity index (χ3n) is 2.37. The quantitative estimate of drug-likeness (QED) is 0.618. The van der Waals surface area contributed by atoms with Crippen LogP contribution in [0.1, 0.15) is 5.56 Å². The van der Waals surface area contributed by atoms with Crippen molar-refractivity contribution in [2.24, 2.45) is 0 Å². The van der Waals surface area contributed by atoms with E-state index >= 15 is 0 Å². The van der Waals surface area contributed by atoms with Gasteiger partial charge in [0.15, 0.2) is 0 Å². The van der Waals surface area contributed by atoms with Crippen LogP contribution in [0.15, 0.2) is 46.1 Å². The maximum atomic E-state index is 12.0. The second-order valence-electron chi connectivity index (χ2n) is 3.62. The number of thiazole rings is 1. The fraction of sp³-hybridized carbons (Fsp3) is 0. The van der Waals surface area contributed by atoms with Crippen LogP contribution in [0.4, 0.5) is 0 Å². The molecule has 3 aromatic rings. The molecule has 3 rings (SSSR count). The molecular formula is C12H7N3O2S. The zero-order chi connectivity index (χ0) is 12.5. The molecule has 0 atom stereocenters. The molecule has 0 fully saturated rings. The SMILES string of the molecule is O=c1cnn2c(=O)c(=Cc3ccccc3)sc2n1. The number of benzene rings is 1. The predicted molar refractivity (Wildman–Crippen MR) is 68.6 cm³/mol. The second kappa shape index (κ2) is 4.15. The highest BCUT2D eigenvalue weighted by Gasteiger charge is 2.04. The molecule has 0 unspecified atom stereocenters. The molecule has 2 aromatic heterocycles. The summed E-state index contributed by atoms with van der Waals surface area (Å²) < 4.78 is 1.65. The summed E-state index contributed by atoms with van der Waals surface area (Å²) in [5.74, 6) is 0. The third kappa shape index (κ3) is 1.82. The number of rotatable bonds is 1. The van der Waals surface area contributed by atoms with Crippen LogP contribution in [0.3, 0.4) is 0 Å². The summed E-state index contributed by atoms with van der Waals surface area (Å²) in [6.07, 6.45) is 2.79. The Bertz CT molecular complexity index is 868. The molecule has 88 valence electrons. The topological polar surface area (TPSA) is 64.3 Å². The van der Waals surface area contributed by atoms with E-state index in [0.29, 0.717) is 9.49 Å². The van der Waals surface area contributed by atoms with Crippen LogP contribution < -0.4 is 15.7 Å². The lowest BCUT2D eigenvalue weighted by molar-refractivity contribution is 0.866. The van der Waals surface area contributed by atoms with Crippen molar-refractivity contribution in [2.75, 3.05) is 0 Å². The van der Waals surface area contributed by atoms with Crippen molar-refractivity contribution in [1.82, 2.24) is 14.6 Å². The zero-order valence-electron chi connectivity index (χ0n) is 9.11. The van der Waals surface area contributed by atoms with Gasteiger partial charge in [-0.25, -0.2) is 0 Å². The summed E-state index contributed by atoms with van der Waals surface area (Å²) in [5.41, 5.74) is 0.220. The van der Waals surface area contributed by atoms with E-state index < -0.39 is 5.56 Å². The Hall–Kier alpha value is -2.34. The van der Waals surface area contributed by atoms with E-state index in [9.17, 15) is 9.59 Å². The smallest absolute Gasteiger partial charge is 0.266 e. The number of aromatic nitrogens is 3. The first-order valence-corrected chi connectivity index (χ1v) is 6.01. The summed E-state index contributed by atoms with van der Waals surface area (Å²) in [6.45, 7) is 0. The van der Waals surface area contributed by atoms with E-state index in [4.69, 9.17) is 0 Å². The first kappa shape index (κ1) is 10.8. The normalized spacial score (nSPS) is 12.1. The molecule has 0 aliphatic heterocycles. The highest BCUT2D eigenvalue weighted by atomic mass is 32.1. The van der Waals surface area contributed by atoms with Crippen molar-refractivity contribution in [3.63, 3.8) is 0 Å². The molecule has 18 heavy (non-hydrogen) atoms. The molecule has 2 heterocycles. The molecule has 0 N–H and O–H groups in total. The minimum Gasteiger partial charge on any atom is -0.266 e. The van der Waals surface area contributed by atoms with Crippen LogP contribution in [0.25, 0.3) is 11.0 Å². The van der Waals surface area contributed by atoms with Crippen molar-refractivity contribution in [3.05, 3.63) is 67.3 Å². The highest BCUT2D eigenvalue weighted by molar-refractivity contribution is 7.15. The molecule has 6 heteroatoms. The fourth-order valence-electron chi connectivity index (χ4n) is 1.57. The van der Waals surface area contributed by atoms with Crippen molar-refractivity contribution in [1.29, 1.82) is 0 Å². The molecule has 1 aromatic carbocycles. The van der Waals surface area contributed by atoms with Gasteiger partial charge >= 0.3 is 0 Å². The van der Waals surface area contributed by atoms with Gasteiger partial charge in [0.25, 0.3) is 11.1 Å². The first-order chi connectivity index (χ1) is 8.74. The summed E-state index contributed by atoms with van der Waals surface area (Å²) in [5, 5.41) is 3.76. The average Bonchev–Trinajstić information content (AvgIpc) is 2.67. The molecule has 5 nitrogen and oxygen atoms in total. The van der Waals surface area contributed by atoms with E-state index in [2.05, 4.69) is 10.1 Å². The number of hydrogen-bond donors (Lipinski definition) is 0. The van der Waals surface area contributed by atoms with Crippen LogP contribution in [0.2, 0.25) is 0 Å². The van der Waals surface area contributed by atoms with Crippen molar-refractivity contribution in [3.8, 4) is 0 Å². The molecule has 0 amide bonds. The maximum absolute atomic E-state index is 12.0. The summed E-state index contributed by atoms with van der Waals surface area (Å²) in [6, 6.07) is 9.48. The summed E-state index contributed by atoms with van der Waals surface area (Å²) in [4.78, 5) is 27.1. The molecule has 0 spiro atoms. The number of hydrogen-bond acceptors (Lipinski definition) is 5. The fourth-order valence-corrected chi connectivity index (χ4v) is 2.49. The van der Waals surface area contributed by atoms with Gasteiger partial charge in [-0.05, 0) is 11.6 Å². The van der Waals surface area contributed by atoms with Crippen LogP contribution >= 0.6 is 11.3 Å². The van der Waals surface area contributed by atoms with Crippen molar-refractivity contribution < 1.29 is 0 Å². The minimum absolute atomic E-state index is 0.258. The first-order valence-electron chi connectivity index (χ1n) is 5.20. The Morgan fingerprint density at radius 2 is 1.94 bits per heavy atom. The van der Waals surface area contributed by atoms with Gasteiger partial charge in [-0.1, -0.05) is 41.7 Å². The molecular weight excluding hydrogens is 250 g/mol. The van der Waals surface area contributed by atoms with E-state index in [1.807, 2.05) is 30.3 Å². The molecule has 0 aliphatic carbocycles. The van der Waals surface area contributed by atoms with E-state index in [1.165, 1.54) is 0 Å². The highest BCUT2D eigenvalue weighted by Crippen LogP contribution is 2.00. The van der Waals surface area contributed by atoms with Gasteiger partial charge in [0, 0.05) is 0 Å². The Balaban J connectivity index is 2.31. The van der Waals surface area contributed by atoms with Gasteiger partial charge in [-0.2, -0.15) is 14.6 Å². The van der Waals surface area contributed by atoms with E-state index in [-0.39, 0.29) is 5.56 Å². The summed E-state index contributed by atoms with van der Waals surface area (Å²) >= 11 is 1.15. The largest absolute Gasteiger partial charge is 0.292 e. The van der Waals surface area contributed by atoms with Crippen molar-refractivity contribution >= 4 is 22.4 Å². The maximum Gasteiger partial charge on any atom is 0.292 e. The van der Waals surface area contributed by atoms with Crippen LogP contribution in [0.5, 0.6) is 0 Å². The third-order valence-corrected chi connectivity index (χ3v) is 3.33. The molecule has 0 bridgehead atoms. The van der Waals surface area contributed by atoms with E-state index in [1.54, 1.807) is 6.08 Å². The Morgan fingerprint density at radius 1 is 1.17 bits per heavy atom. The lowest BCUT2D eigenvalue weighted by atomic mass is 10.2. The Kier molecular flexibility index (Phi) is 2.49. The summed E-state index contributed by atoms with van der Waals surface area (Å²) in [7, 11) is 0. The lowest BCUT2D eigenvalue weighted by Gasteiger charge is -1.87. The minimum atomic E-state index is -0.442. The standard InChI is InChI=1S/C12H7N3O2S/c16-10-7-13-15-11(17)9(18-12(15)14-10)6-8-4-2-1-3-5-8/h1-7H. The number of nitrogens with zero attached hydrogens (tertiary/aromatic N) is 3. The Labute approximate surface area is 105 Å². The van der Waals surface area contributed by atoms with Gasteiger partial charge in [-0.15, -0.1) is 0 Å². The molecule has 0 radical (unpaired) electrons. The van der Waals surface area contributed by atoms with Gasteiger partial charge in [0.2, 0.25) is 4.96 Å². The molecule has 0 saturated carbocycles. The Morgan fingerprint density at radius 3 is 2.72 bits per heavy atom. The second-order valence-corrected chi connectivity index (χ2v) is 4.62. The van der Waals surface area contributed by atoms with Gasteiger partial charge < -0.3 is 0 Å².